The summed E-state index contributed by atoms with van der Waals surface area (Å²) in [6, 6.07) is 13.3. The fourth-order valence-corrected chi connectivity index (χ4v) is 2.97. The van der Waals surface area contributed by atoms with Crippen LogP contribution in [0.2, 0.25) is 0 Å². The molecule has 114 valence electrons. The molecule has 0 aliphatic carbocycles. The predicted molar refractivity (Wildman–Crippen MR) is 80.7 cm³/mol. The largest absolute Gasteiger partial charge is 0.339 e. The highest BCUT2D eigenvalue weighted by Gasteiger charge is 2.26. The number of rotatable bonds is 2. The Hall–Kier alpha value is -2.23. The van der Waals surface area contributed by atoms with E-state index in [1.165, 1.54) is 11.6 Å². The van der Waals surface area contributed by atoms with Crippen LogP contribution in [0.4, 0.5) is 8.78 Å². The molecule has 1 saturated heterocycles. The maximum atomic E-state index is 13.7. The molecule has 2 aromatic rings. The fourth-order valence-electron chi connectivity index (χ4n) is 2.97. The number of hydrogen-bond acceptors (Lipinski definition) is 1. The zero-order chi connectivity index (χ0) is 15.5. The number of amides is 1. The Kier molecular flexibility index (Phi) is 4.18. The first-order valence-corrected chi connectivity index (χ1v) is 7.44. The van der Waals surface area contributed by atoms with Crippen LogP contribution >= 0.6 is 0 Å². The van der Waals surface area contributed by atoms with Crippen LogP contribution in [-0.2, 0) is 0 Å². The zero-order valence-corrected chi connectivity index (χ0v) is 12.1. The van der Waals surface area contributed by atoms with E-state index in [0.29, 0.717) is 19.0 Å². The van der Waals surface area contributed by atoms with Gasteiger partial charge in [-0.05, 0) is 36.5 Å². The standard InChI is InChI=1S/C18H17F2NO/c19-15-6-7-16(17(20)12-15)18(22)21-10-8-14(9-11-21)13-4-2-1-3-5-13/h1-7,12,14H,8-11H2. The number of carbonyl (C=O) groups excluding carboxylic acids is 1. The van der Waals surface area contributed by atoms with E-state index in [9.17, 15) is 13.6 Å². The van der Waals surface area contributed by atoms with Gasteiger partial charge in [0, 0.05) is 19.2 Å². The van der Waals surface area contributed by atoms with E-state index in [0.717, 1.165) is 25.0 Å². The van der Waals surface area contributed by atoms with E-state index < -0.39 is 11.6 Å². The van der Waals surface area contributed by atoms with Crippen LogP contribution < -0.4 is 0 Å². The Bertz CT molecular complexity index is 664. The summed E-state index contributed by atoms with van der Waals surface area (Å²) >= 11 is 0. The number of benzene rings is 2. The van der Waals surface area contributed by atoms with Crippen molar-refractivity contribution >= 4 is 5.91 Å². The summed E-state index contributed by atoms with van der Waals surface area (Å²) in [5.74, 6) is -1.39. The highest BCUT2D eigenvalue weighted by Crippen LogP contribution is 2.28. The molecular weight excluding hydrogens is 284 g/mol. The van der Waals surface area contributed by atoms with Crippen LogP contribution in [0, 0.1) is 11.6 Å². The van der Waals surface area contributed by atoms with Gasteiger partial charge in [0.2, 0.25) is 0 Å². The predicted octanol–water partition coefficient (Wildman–Crippen LogP) is 3.98. The van der Waals surface area contributed by atoms with E-state index in [4.69, 9.17) is 0 Å². The van der Waals surface area contributed by atoms with Gasteiger partial charge in [-0.2, -0.15) is 0 Å². The minimum Gasteiger partial charge on any atom is -0.339 e. The van der Waals surface area contributed by atoms with Crippen molar-refractivity contribution in [1.82, 2.24) is 4.90 Å². The van der Waals surface area contributed by atoms with E-state index >= 15 is 0 Å². The van der Waals surface area contributed by atoms with E-state index in [1.54, 1.807) is 4.90 Å². The molecule has 2 aromatic carbocycles. The Balaban J connectivity index is 1.67. The average molecular weight is 301 g/mol. The van der Waals surface area contributed by atoms with Gasteiger partial charge in [0.25, 0.3) is 5.91 Å². The molecule has 1 heterocycles. The summed E-state index contributed by atoms with van der Waals surface area (Å²) in [7, 11) is 0. The third-order valence-corrected chi connectivity index (χ3v) is 4.21. The Labute approximate surface area is 128 Å². The first kappa shape index (κ1) is 14.7. The third-order valence-electron chi connectivity index (χ3n) is 4.21. The molecule has 0 spiro atoms. The van der Waals surface area contributed by atoms with E-state index in [-0.39, 0.29) is 11.5 Å². The summed E-state index contributed by atoms with van der Waals surface area (Å²) in [4.78, 5) is 14.0. The molecule has 0 aromatic heterocycles. The molecule has 3 rings (SSSR count). The molecule has 22 heavy (non-hydrogen) atoms. The van der Waals surface area contributed by atoms with Gasteiger partial charge in [-0.15, -0.1) is 0 Å². The number of piperidine rings is 1. The molecule has 0 saturated carbocycles. The highest BCUT2D eigenvalue weighted by atomic mass is 19.1. The molecule has 1 amide bonds. The van der Waals surface area contributed by atoms with Crippen LogP contribution in [0.15, 0.2) is 48.5 Å². The lowest BCUT2D eigenvalue weighted by atomic mass is 9.89. The van der Waals surface area contributed by atoms with Crippen molar-refractivity contribution in [3.05, 3.63) is 71.3 Å². The number of halogens is 2. The van der Waals surface area contributed by atoms with Crippen LogP contribution in [0.3, 0.4) is 0 Å². The zero-order valence-electron chi connectivity index (χ0n) is 12.1. The molecule has 1 aliphatic heterocycles. The van der Waals surface area contributed by atoms with Crippen LogP contribution in [0.5, 0.6) is 0 Å². The van der Waals surface area contributed by atoms with Crippen molar-refractivity contribution in [2.24, 2.45) is 0 Å². The lowest BCUT2D eigenvalue weighted by Gasteiger charge is -2.32. The number of likely N-dealkylation sites (tertiary alicyclic amines) is 1. The van der Waals surface area contributed by atoms with Gasteiger partial charge in [-0.3, -0.25) is 4.79 Å². The van der Waals surface area contributed by atoms with Gasteiger partial charge >= 0.3 is 0 Å². The molecular formula is C18H17F2NO. The van der Waals surface area contributed by atoms with Gasteiger partial charge in [-0.25, -0.2) is 8.78 Å². The fraction of sp³-hybridized carbons (Fsp3) is 0.278. The molecule has 4 heteroatoms. The van der Waals surface area contributed by atoms with Gasteiger partial charge in [-0.1, -0.05) is 30.3 Å². The Morgan fingerprint density at radius 1 is 1.00 bits per heavy atom. The molecule has 1 aliphatic rings. The smallest absolute Gasteiger partial charge is 0.256 e. The van der Waals surface area contributed by atoms with Crippen molar-refractivity contribution in [2.75, 3.05) is 13.1 Å². The molecule has 0 N–H and O–H groups in total. The SMILES string of the molecule is O=C(c1ccc(F)cc1F)N1CCC(c2ccccc2)CC1. The quantitative estimate of drug-likeness (QED) is 0.821. The van der Waals surface area contributed by atoms with E-state index in [2.05, 4.69) is 12.1 Å². The van der Waals surface area contributed by atoms with Crippen molar-refractivity contribution in [3.8, 4) is 0 Å². The van der Waals surface area contributed by atoms with Crippen LogP contribution in [-0.4, -0.2) is 23.9 Å². The molecule has 0 bridgehead atoms. The van der Waals surface area contributed by atoms with Crippen molar-refractivity contribution in [1.29, 1.82) is 0 Å². The summed E-state index contributed by atoms with van der Waals surface area (Å²) in [5.41, 5.74) is 1.22. The van der Waals surface area contributed by atoms with Gasteiger partial charge in [0.1, 0.15) is 11.6 Å². The second-order valence-corrected chi connectivity index (χ2v) is 5.60. The van der Waals surface area contributed by atoms with Crippen molar-refractivity contribution in [3.63, 3.8) is 0 Å². The Morgan fingerprint density at radius 2 is 1.68 bits per heavy atom. The van der Waals surface area contributed by atoms with Gasteiger partial charge < -0.3 is 4.90 Å². The number of hydrogen-bond donors (Lipinski definition) is 0. The first-order valence-electron chi connectivity index (χ1n) is 7.44. The molecule has 0 unspecified atom stereocenters. The number of nitrogens with zero attached hydrogens (tertiary/aromatic N) is 1. The third kappa shape index (κ3) is 3.01. The lowest BCUT2D eigenvalue weighted by Crippen LogP contribution is -2.38. The van der Waals surface area contributed by atoms with Gasteiger partial charge in [0.05, 0.1) is 5.56 Å². The monoisotopic (exact) mass is 301 g/mol. The summed E-state index contributed by atoms with van der Waals surface area (Å²) in [6.07, 6.45) is 1.72. The molecule has 1 fully saturated rings. The maximum Gasteiger partial charge on any atom is 0.256 e. The Morgan fingerprint density at radius 3 is 2.32 bits per heavy atom. The first-order chi connectivity index (χ1) is 10.6. The summed E-state index contributed by atoms with van der Waals surface area (Å²) < 4.78 is 26.6. The minimum absolute atomic E-state index is 0.0560. The number of carbonyl (C=O) groups is 1. The second-order valence-electron chi connectivity index (χ2n) is 5.60. The van der Waals surface area contributed by atoms with E-state index in [1.807, 2.05) is 18.2 Å². The average Bonchev–Trinajstić information content (AvgIpc) is 2.55. The van der Waals surface area contributed by atoms with Crippen molar-refractivity contribution in [2.45, 2.75) is 18.8 Å². The summed E-state index contributed by atoms with van der Waals surface area (Å²) in [5, 5.41) is 0. The van der Waals surface area contributed by atoms with Crippen molar-refractivity contribution < 1.29 is 13.6 Å². The second kappa shape index (κ2) is 6.26. The van der Waals surface area contributed by atoms with Crippen LogP contribution in [0.1, 0.15) is 34.7 Å². The summed E-state index contributed by atoms with van der Waals surface area (Å²) in [6.45, 7) is 1.18. The lowest BCUT2D eigenvalue weighted by molar-refractivity contribution is 0.0708. The minimum atomic E-state index is -0.796. The normalized spacial score (nSPS) is 15.8. The maximum absolute atomic E-state index is 13.7. The highest BCUT2D eigenvalue weighted by molar-refractivity contribution is 5.94. The molecule has 0 radical (unpaired) electrons. The topological polar surface area (TPSA) is 20.3 Å². The molecule has 0 atom stereocenters. The molecule has 2 nitrogen and oxygen atoms in total. The van der Waals surface area contributed by atoms with Gasteiger partial charge in [0.15, 0.2) is 0 Å². The van der Waals surface area contributed by atoms with Crippen LogP contribution in [0.25, 0.3) is 0 Å².